The molecule has 0 fully saturated rings. The summed E-state index contributed by atoms with van der Waals surface area (Å²) in [6.07, 6.45) is 3.73. The van der Waals surface area contributed by atoms with Crippen molar-refractivity contribution in [1.29, 1.82) is 0 Å². The summed E-state index contributed by atoms with van der Waals surface area (Å²) in [5.41, 5.74) is 3.30. The first-order chi connectivity index (χ1) is 9.54. The average Bonchev–Trinajstić information content (AvgIpc) is 2.34. The second kappa shape index (κ2) is 9.16. The second-order valence-corrected chi connectivity index (χ2v) is 8.70. The first kappa shape index (κ1) is 20.9. The molecular formula is C19H34ClP. The maximum Gasteiger partial charge on any atom is 0.0223 e. The minimum absolute atomic E-state index is 0.221. The summed E-state index contributed by atoms with van der Waals surface area (Å²) in [5, 5.41) is 1.32. The standard InChI is InChI=1S/C14H23P.C5H11Cl/c1-13(2,3)10-7-8-12(15)11(9-10)14(4,5)6;1-2-3-4-5-6/h7-9H,15H2,1-6H3;2-5H2,1H3. The molecule has 122 valence electrons. The Morgan fingerprint density at radius 2 is 1.52 bits per heavy atom. The molecule has 1 aromatic rings. The molecule has 1 rings (SSSR count). The topological polar surface area (TPSA) is 0 Å². The van der Waals surface area contributed by atoms with Gasteiger partial charge in [0.15, 0.2) is 0 Å². The number of hydrogen-bond donors (Lipinski definition) is 0. The summed E-state index contributed by atoms with van der Waals surface area (Å²) in [6, 6.07) is 6.80. The van der Waals surface area contributed by atoms with E-state index in [1.165, 1.54) is 35.7 Å². The Bertz CT molecular complexity index is 407. The SMILES string of the molecule is CC(C)(C)c1ccc(P)c(C(C)(C)C)c1.CCCCCCl. The molecule has 0 amide bonds. The Morgan fingerprint density at radius 3 is 1.86 bits per heavy atom. The van der Waals surface area contributed by atoms with Crippen molar-refractivity contribution in [2.75, 3.05) is 5.88 Å². The molecule has 0 aliphatic rings. The Labute approximate surface area is 140 Å². The maximum absolute atomic E-state index is 5.38. The van der Waals surface area contributed by atoms with Crippen LogP contribution < -0.4 is 5.30 Å². The molecule has 1 aromatic carbocycles. The van der Waals surface area contributed by atoms with E-state index in [0.29, 0.717) is 0 Å². The van der Waals surface area contributed by atoms with Crippen molar-refractivity contribution in [3.8, 4) is 0 Å². The van der Waals surface area contributed by atoms with Crippen molar-refractivity contribution in [2.45, 2.75) is 78.6 Å². The van der Waals surface area contributed by atoms with Gasteiger partial charge in [-0.1, -0.05) is 79.5 Å². The first-order valence-electron chi connectivity index (χ1n) is 8.00. The van der Waals surface area contributed by atoms with Crippen molar-refractivity contribution in [3.63, 3.8) is 0 Å². The highest BCUT2D eigenvalue weighted by Gasteiger charge is 2.20. The summed E-state index contributed by atoms with van der Waals surface area (Å²) >= 11 is 5.38. The molecule has 0 nitrogen and oxygen atoms in total. The predicted molar refractivity (Wildman–Crippen MR) is 103 cm³/mol. The Hall–Kier alpha value is -0.0600. The molecule has 0 spiro atoms. The molecule has 0 radical (unpaired) electrons. The zero-order valence-electron chi connectivity index (χ0n) is 15.0. The number of alkyl halides is 1. The van der Waals surface area contributed by atoms with Gasteiger partial charge in [-0.15, -0.1) is 20.8 Å². The highest BCUT2D eigenvalue weighted by Crippen LogP contribution is 2.28. The van der Waals surface area contributed by atoms with E-state index >= 15 is 0 Å². The van der Waals surface area contributed by atoms with Gasteiger partial charge in [0.05, 0.1) is 0 Å². The highest BCUT2D eigenvalue weighted by atomic mass is 35.5. The first-order valence-corrected chi connectivity index (χ1v) is 9.11. The number of hydrogen-bond acceptors (Lipinski definition) is 0. The summed E-state index contributed by atoms with van der Waals surface area (Å²) in [5.74, 6) is 0.827. The van der Waals surface area contributed by atoms with E-state index in [-0.39, 0.29) is 10.8 Å². The van der Waals surface area contributed by atoms with Crippen molar-refractivity contribution < 1.29 is 0 Å². The second-order valence-electron chi connectivity index (χ2n) is 7.70. The molecule has 0 aliphatic heterocycles. The Morgan fingerprint density at radius 1 is 0.952 bits per heavy atom. The lowest BCUT2D eigenvalue weighted by atomic mass is 9.81. The van der Waals surface area contributed by atoms with Crippen LogP contribution in [0.2, 0.25) is 0 Å². The fourth-order valence-corrected chi connectivity index (χ4v) is 2.82. The Kier molecular flexibility index (Phi) is 9.14. The van der Waals surface area contributed by atoms with Gasteiger partial charge in [-0.25, -0.2) is 0 Å². The van der Waals surface area contributed by atoms with Crippen LogP contribution in [0.25, 0.3) is 0 Å². The van der Waals surface area contributed by atoms with Crippen LogP contribution in [0.1, 0.15) is 78.9 Å². The number of rotatable bonds is 3. The highest BCUT2D eigenvalue weighted by molar-refractivity contribution is 7.27. The number of benzene rings is 1. The fourth-order valence-electron chi connectivity index (χ4n) is 2.02. The zero-order chi connectivity index (χ0) is 16.7. The van der Waals surface area contributed by atoms with Crippen LogP contribution in [0.3, 0.4) is 0 Å². The van der Waals surface area contributed by atoms with Crippen LogP contribution in [0.4, 0.5) is 0 Å². The van der Waals surface area contributed by atoms with Gasteiger partial charge in [0.2, 0.25) is 0 Å². The minimum Gasteiger partial charge on any atom is -0.127 e. The summed E-state index contributed by atoms with van der Waals surface area (Å²) in [6.45, 7) is 15.8. The summed E-state index contributed by atoms with van der Waals surface area (Å²) in [7, 11) is 2.84. The third kappa shape index (κ3) is 8.22. The monoisotopic (exact) mass is 328 g/mol. The van der Waals surface area contributed by atoms with E-state index in [2.05, 4.69) is 75.9 Å². The van der Waals surface area contributed by atoms with E-state index in [1.807, 2.05) is 0 Å². The fraction of sp³-hybridized carbons (Fsp3) is 0.684. The van der Waals surface area contributed by atoms with Crippen molar-refractivity contribution in [3.05, 3.63) is 29.3 Å². The van der Waals surface area contributed by atoms with Crippen LogP contribution >= 0.6 is 20.8 Å². The lowest BCUT2D eigenvalue weighted by Gasteiger charge is -2.26. The molecule has 0 saturated carbocycles. The molecule has 0 saturated heterocycles. The molecule has 0 aliphatic carbocycles. The molecule has 0 N–H and O–H groups in total. The van der Waals surface area contributed by atoms with Crippen LogP contribution in [0.5, 0.6) is 0 Å². The average molecular weight is 329 g/mol. The van der Waals surface area contributed by atoms with Crippen LogP contribution in [0, 0.1) is 0 Å². The molecule has 0 bridgehead atoms. The molecule has 0 aromatic heterocycles. The van der Waals surface area contributed by atoms with Crippen LogP contribution in [0.15, 0.2) is 18.2 Å². The van der Waals surface area contributed by atoms with Gasteiger partial charge in [-0.05, 0) is 33.7 Å². The third-order valence-electron chi connectivity index (χ3n) is 3.46. The van der Waals surface area contributed by atoms with E-state index in [9.17, 15) is 0 Å². The molecule has 1 unspecified atom stereocenters. The molecule has 21 heavy (non-hydrogen) atoms. The van der Waals surface area contributed by atoms with Gasteiger partial charge in [-0.2, -0.15) is 0 Å². The lowest BCUT2D eigenvalue weighted by Crippen LogP contribution is -2.21. The quantitative estimate of drug-likeness (QED) is 0.352. The largest absolute Gasteiger partial charge is 0.127 e. The maximum atomic E-state index is 5.38. The minimum atomic E-state index is 0.221. The number of unbranched alkanes of at least 4 members (excludes halogenated alkanes) is 2. The van der Waals surface area contributed by atoms with E-state index in [1.54, 1.807) is 0 Å². The third-order valence-corrected chi connectivity index (χ3v) is 4.24. The molecule has 2 heteroatoms. The van der Waals surface area contributed by atoms with Gasteiger partial charge < -0.3 is 0 Å². The number of halogens is 1. The van der Waals surface area contributed by atoms with Gasteiger partial charge in [-0.3, -0.25) is 0 Å². The smallest absolute Gasteiger partial charge is 0.0223 e. The van der Waals surface area contributed by atoms with Crippen molar-refractivity contribution in [2.24, 2.45) is 0 Å². The van der Waals surface area contributed by atoms with E-state index in [4.69, 9.17) is 11.6 Å². The van der Waals surface area contributed by atoms with Gasteiger partial charge in [0.25, 0.3) is 0 Å². The molecule has 0 heterocycles. The van der Waals surface area contributed by atoms with Gasteiger partial charge in [0, 0.05) is 5.88 Å². The van der Waals surface area contributed by atoms with E-state index < -0.39 is 0 Å². The van der Waals surface area contributed by atoms with Gasteiger partial charge in [0.1, 0.15) is 0 Å². The van der Waals surface area contributed by atoms with E-state index in [0.717, 1.165) is 5.88 Å². The summed E-state index contributed by atoms with van der Waals surface area (Å²) < 4.78 is 0. The van der Waals surface area contributed by atoms with Crippen LogP contribution in [-0.4, -0.2) is 5.88 Å². The van der Waals surface area contributed by atoms with Crippen molar-refractivity contribution in [1.82, 2.24) is 0 Å². The normalized spacial score (nSPS) is 11.9. The lowest BCUT2D eigenvalue weighted by molar-refractivity contribution is 0.571. The van der Waals surface area contributed by atoms with Crippen molar-refractivity contribution >= 4 is 26.1 Å². The summed E-state index contributed by atoms with van der Waals surface area (Å²) in [4.78, 5) is 0. The molecular weight excluding hydrogens is 295 g/mol. The zero-order valence-corrected chi connectivity index (χ0v) is 16.9. The van der Waals surface area contributed by atoms with Crippen LogP contribution in [-0.2, 0) is 10.8 Å². The van der Waals surface area contributed by atoms with Gasteiger partial charge >= 0.3 is 0 Å². The molecule has 1 atom stereocenters. The predicted octanol–water partition coefficient (Wildman–Crippen LogP) is 6.20. The Balaban J connectivity index is 0.000000567.